The Balaban J connectivity index is 1.72. The van der Waals surface area contributed by atoms with Crippen LogP contribution in [0.5, 0.6) is 0 Å². The van der Waals surface area contributed by atoms with Gasteiger partial charge in [-0.05, 0) is 38.4 Å². The predicted molar refractivity (Wildman–Crippen MR) is 81.7 cm³/mol. The molecule has 0 aliphatic carbocycles. The largest absolute Gasteiger partial charge is 0.444 e. The standard InChI is InChI=1S/C17H22N2O2/c1-13(20)16-9-5-6-10-19(16)11-15-12-21-17(18-15)14-7-3-2-4-8-14/h2-4,7-8,12-13,16,20H,5-6,9-11H2,1H3. The first kappa shape index (κ1) is 14.3. The smallest absolute Gasteiger partial charge is 0.226 e. The molecular formula is C17H22N2O2. The van der Waals surface area contributed by atoms with Crippen LogP contribution in [0.2, 0.25) is 0 Å². The quantitative estimate of drug-likeness (QED) is 0.938. The van der Waals surface area contributed by atoms with E-state index in [-0.39, 0.29) is 12.1 Å². The minimum absolute atomic E-state index is 0.232. The van der Waals surface area contributed by atoms with Crippen LogP contribution >= 0.6 is 0 Å². The van der Waals surface area contributed by atoms with Gasteiger partial charge in [0.2, 0.25) is 5.89 Å². The lowest BCUT2D eigenvalue weighted by Gasteiger charge is -2.36. The number of aromatic nitrogens is 1. The zero-order valence-electron chi connectivity index (χ0n) is 12.4. The first-order valence-corrected chi connectivity index (χ1v) is 7.66. The minimum atomic E-state index is -0.300. The SMILES string of the molecule is CC(O)C1CCCCN1Cc1coc(-c2ccccc2)n1. The van der Waals surface area contributed by atoms with E-state index in [0.717, 1.165) is 30.8 Å². The van der Waals surface area contributed by atoms with Gasteiger partial charge in [-0.2, -0.15) is 0 Å². The Bertz CT molecular complexity index is 565. The molecule has 2 unspecified atom stereocenters. The predicted octanol–water partition coefficient (Wildman–Crippen LogP) is 3.08. The van der Waals surface area contributed by atoms with Gasteiger partial charge in [0.05, 0.1) is 11.8 Å². The van der Waals surface area contributed by atoms with Crippen LogP contribution in [0.25, 0.3) is 11.5 Å². The molecule has 2 heterocycles. The monoisotopic (exact) mass is 286 g/mol. The van der Waals surface area contributed by atoms with Gasteiger partial charge in [-0.1, -0.05) is 24.6 Å². The molecule has 112 valence electrons. The topological polar surface area (TPSA) is 49.5 Å². The third kappa shape index (κ3) is 3.34. The molecule has 0 spiro atoms. The lowest BCUT2D eigenvalue weighted by atomic mass is 9.98. The van der Waals surface area contributed by atoms with Gasteiger partial charge in [0, 0.05) is 18.2 Å². The number of rotatable bonds is 4. The maximum absolute atomic E-state index is 9.92. The summed E-state index contributed by atoms with van der Waals surface area (Å²) in [5.41, 5.74) is 1.93. The molecule has 1 saturated heterocycles. The number of benzene rings is 1. The van der Waals surface area contributed by atoms with Crippen LogP contribution in [0.3, 0.4) is 0 Å². The fraction of sp³-hybridized carbons (Fsp3) is 0.471. The summed E-state index contributed by atoms with van der Waals surface area (Å²) in [6.07, 6.45) is 4.87. The van der Waals surface area contributed by atoms with Crippen molar-refractivity contribution in [1.29, 1.82) is 0 Å². The van der Waals surface area contributed by atoms with E-state index >= 15 is 0 Å². The number of aliphatic hydroxyl groups excluding tert-OH is 1. The summed E-state index contributed by atoms with van der Waals surface area (Å²) < 4.78 is 5.59. The van der Waals surface area contributed by atoms with Gasteiger partial charge in [0.15, 0.2) is 0 Å². The van der Waals surface area contributed by atoms with Crippen molar-refractivity contribution in [3.05, 3.63) is 42.3 Å². The zero-order valence-corrected chi connectivity index (χ0v) is 12.4. The van der Waals surface area contributed by atoms with Gasteiger partial charge >= 0.3 is 0 Å². The average molecular weight is 286 g/mol. The summed E-state index contributed by atoms with van der Waals surface area (Å²) in [4.78, 5) is 6.90. The van der Waals surface area contributed by atoms with Gasteiger partial charge in [-0.15, -0.1) is 0 Å². The summed E-state index contributed by atoms with van der Waals surface area (Å²) in [7, 11) is 0. The van der Waals surface area contributed by atoms with Gasteiger partial charge < -0.3 is 9.52 Å². The highest BCUT2D eigenvalue weighted by molar-refractivity contribution is 5.52. The Morgan fingerprint density at radius 1 is 1.33 bits per heavy atom. The zero-order chi connectivity index (χ0) is 14.7. The molecule has 1 aromatic carbocycles. The summed E-state index contributed by atoms with van der Waals surface area (Å²) in [6, 6.07) is 10.2. The molecule has 1 aliphatic rings. The van der Waals surface area contributed by atoms with E-state index < -0.39 is 0 Å². The molecule has 2 aromatic rings. The van der Waals surface area contributed by atoms with Crippen molar-refractivity contribution in [2.45, 2.75) is 44.9 Å². The molecule has 21 heavy (non-hydrogen) atoms. The third-order valence-electron chi connectivity index (χ3n) is 4.16. The van der Waals surface area contributed by atoms with E-state index in [1.165, 1.54) is 12.8 Å². The number of nitrogens with zero attached hydrogens (tertiary/aromatic N) is 2. The van der Waals surface area contributed by atoms with Crippen molar-refractivity contribution in [2.24, 2.45) is 0 Å². The Morgan fingerprint density at radius 3 is 2.90 bits per heavy atom. The molecule has 1 N–H and O–H groups in total. The van der Waals surface area contributed by atoms with Gasteiger partial charge in [-0.25, -0.2) is 4.98 Å². The lowest BCUT2D eigenvalue weighted by molar-refractivity contribution is 0.0309. The first-order chi connectivity index (χ1) is 10.2. The van der Waals surface area contributed by atoms with Crippen molar-refractivity contribution in [3.8, 4) is 11.5 Å². The molecule has 2 atom stereocenters. The molecular weight excluding hydrogens is 264 g/mol. The number of hydrogen-bond acceptors (Lipinski definition) is 4. The molecule has 0 saturated carbocycles. The van der Waals surface area contributed by atoms with E-state index in [2.05, 4.69) is 9.88 Å². The highest BCUT2D eigenvalue weighted by Gasteiger charge is 2.26. The maximum Gasteiger partial charge on any atom is 0.226 e. The first-order valence-electron chi connectivity index (χ1n) is 7.66. The van der Waals surface area contributed by atoms with Crippen molar-refractivity contribution >= 4 is 0 Å². The minimum Gasteiger partial charge on any atom is -0.444 e. The average Bonchev–Trinajstić information content (AvgIpc) is 2.97. The van der Waals surface area contributed by atoms with E-state index in [1.807, 2.05) is 37.3 Å². The third-order valence-corrected chi connectivity index (χ3v) is 4.16. The van der Waals surface area contributed by atoms with Crippen LogP contribution in [0.15, 0.2) is 41.0 Å². The molecule has 1 aromatic heterocycles. The van der Waals surface area contributed by atoms with E-state index in [0.29, 0.717) is 5.89 Å². The molecule has 1 aliphatic heterocycles. The number of oxazole rings is 1. The van der Waals surface area contributed by atoms with Crippen LogP contribution in [-0.2, 0) is 6.54 Å². The molecule has 0 radical (unpaired) electrons. The number of hydrogen-bond donors (Lipinski definition) is 1. The second-order valence-corrected chi connectivity index (χ2v) is 5.78. The number of piperidine rings is 1. The maximum atomic E-state index is 9.92. The molecule has 0 amide bonds. The van der Waals surface area contributed by atoms with E-state index in [4.69, 9.17) is 4.42 Å². The second-order valence-electron chi connectivity index (χ2n) is 5.78. The van der Waals surface area contributed by atoms with Gasteiger partial charge in [0.1, 0.15) is 6.26 Å². The summed E-state index contributed by atoms with van der Waals surface area (Å²) in [5, 5.41) is 9.92. The fourth-order valence-corrected chi connectivity index (χ4v) is 3.06. The summed E-state index contributed by atoms with van der Waals surface area (Å²) in [5.74, 6) is 0.663. The van der Waals surface area contributed by atoms with Crippen LogP contribution in [0, 0.1) is 0 Å². The highest BCUT2D eigenvalue weighted by atomic mass is 16.3. The summed E-state index contributed by atoms with van der Waals surface area (Å²) >= 11 is 0. The van der Waals surface area contributed by atoms with Crippen molar-refractivity contribution < 1.29 is 9.52 Å². The van der Waals surface area contributed by atoms with Crippen molar-refractivity contribution in [2.75, 3.05) is 6.54 Å². The Morgan fingerprint density at radius 2 is 2.14 bits per heavy atom. The molecule has 3 rings (SSSR count). The van der Waals surface area contributed by atoms with Crippen molar-refractivity contribution in [1.82, 2.24) is 9.88 Å². The highest BCUT2D eigenvalue weighted by Crippen LogP contribution is 2.23. The van der Waals surface area contributed by atoms with Crippen molar-refractivity contribution in [3.63, 3.8) is 0 Å². The van der Waals surface area contributed by atoms with Crippen LogP contribution in [0.4, 0.5) is 0 Å². The molecule has 4 nitrogen and oxygen atoms in total. The van der Waals surface area contributed by atoms with Gasteiger partial charge in [-0.3, -0.25) is 4.90 Å². The number of aliphatic hydroxyl groups is 1. The molecule has 4 heteroatoms. The molecule has 1 fully saturated rings. The van der Waals surface area contributed by atoms with E-state index in [9.17, 15) is 5.11 Å². The Hall–Kier alpha value is -1.65. The normalized spacial score (nSPS) is 21.3. The van der Waals surface area contributed by atoms with Crippen LogP contribution in [-0.4, -0.2) is 33.7 Å². The number of likely N-dealkylation sites (tertiary alicyclic amines) is 1. The fourth-order valence-electron chi connectivity index (χ4n) is 3.06. The Kier molecular flexibility index (Phi) is 4.36. The van der Waals surface area contributed by atoms with E-state index in [1.54, 1.807) is 6.26 Å². The Labute approximate surface area is 125 Å². The lowest BCUT2D eigenvalue weighted by Crippen LogP contribution is -2.45. The second kappa shape index (κ2) is 6.41. The van der Waals surface area contributed by atoms with Crippen LogP contribution in [0.1, 0.15) is 31.9 Å². The van der Waals surface area contributed by atoms with Crippen LogP contribution < -0.4 is 0 Å². The molecule has 0 bridgehead atoms. The summed E-state index contributed by atoms with van der Waals surface area (Å²) in [6.45, 7) is 3.64. The van der Waals surface area contributed by atoms with Gasteiger partial charge in [0.25, 0.3) is 0 Å².